The van der Waals surface area contributed by atoms with Crippen LogP contribution in [0.2, 0.25) is 0 Å². The molecule has 1 fully saturated rings. The molecule has 22 heavy (non-hydrogen) atoms. The van der Waals surface area contributed by atoms with Crippen molar-refractivity contribution in [2.75, 3.05) is 33.1 Å². The second-order valence-electron chi connectivity index (χ2n) is 5.65. The maximum atomic E-state index is 12.3. The molecule has 1 aromatic heterocycles. The Morgan fingerprint density at radius 1 is 1.45 bits per heavy atom. The third kappa shape index (κ3) is 4.28. The zero-order valence-electron chi connectivity index (χ0n) is 12.9. The summed E-state index contributed by atoms with van der Waals surface area (Å²) in [5, 5.41) is 6.78. The van der Waals surface area contributed by atoms with E-state index in [-0.39, 0.29) is 5.91 Å². The van der Waals surface area contributed by atoms with E-state index in [1.54, 1.807) is 13.2 Å². The van der Waals surface area contributed by atoms with E-state index in [9.17, 15) is 13.2 Å². The third-order valence-corrected chi connectivity index (χ3v) is 6.08. The van der Waals surface area contributed by atoms with Crippen molar-refractivity contribution >= 4 is 27.3 Å². The van der Waals surface area contributed by atoms with Gasteiger partial charge in [0.25, 0.3) is 5.91 Å². The highest BCUT2D eigenvalue weighted by Crippen LogP contribution is 2.28. The zero-order valence-corrected chi connectivity index (χ0v) is 14.5. The van der Waals surface area contributed by atoms with Gasteiger partial charge in [0, 0.05) is 37.7 Å². The molecule has 0 spiro atoms. The van der Waals surface area contributed by atoms with Crippen LogP contribution in [-0.4, -0.2) is 57.2 Å². The number of carbonyl (C=O) groups is 1. The number of hydrogen-bond donors (Lipinski definition) is 1. The van der Waals surface area contributed by atoms with Gasteiger partial charge >= 0.3 is 0 Å². The van der Waals surface area contributed by atoms with Crippen molar-refractivity contribution in [3.8, 4) is 0 Å². The highest BCUT2D eigenvalue weighted by molar-refractivity contribution is 7.88. The molecule has 6 nitrogen and oxygen atoms in total. The summed E-state index contributed by atoms with van der Waals surface area (Å²) < 4.78 is 29.9. The molecule has 1 amide bonds. The van der Waals surface area contributed by atoms with Crippen LogP contribution in [0.15, 0.2) is 16.8 Å². The molecular weight excluding hydrogens is 324 g/mol. The lowest BCUT2D eigenvalue weighted by molar-refractivity contribution is 0.0784. The van der Waals surface area contributed by atoms with Gasteiger partial charge in [0.05, 0.1) is 11.8 Å². The quantitative estimate of drug-likeness (QED) is 0.843. The summed E-state index contributed by atoms with van der Waals surface area (Å²) in [7, 11) is -1.55. The Labute approximate surface area is 135 Å². The summed E-state index contributed by atoms with van der Waals surface area (Å²) >= 11 is 1.48. The number of hydrogen-bond acceptors (Lipinski definition) is 5. The molecule has 1 aromatic rings. The van der Waals surface area contributed by atoms with Crippen LogP contribution in [0, 0.1) is 0 Å². The lowest BCUT2D eigenvalue weighted by Gasteiger charge is -2.41. The number of piperidine rings is 1. The predicted octanol–water partition coefficient (Wildman–Crippen LogP) is 1.31. The van der Waals surface area contributed by atoms with E-state index in [2.05, 4.69) is 5.32 Å². The summed E-state index contributed by atoms with van der Waals surface area (Å²) in [6.07, 6.45) is 3.09. The Kier molecular flexibility index (Phi) is 5.60. The van der Waals surface area contributed by atoms with Crippen molar-refractivity contribution in [2.24, 2.45) is 0 Å². The van der Waals surface area contributed by atoms with Gasteiger partial charge in [-0.2, -0.15) is 11.3 Å². The number of thiophene rings is 1. The zero-order chi connectivity index (χ0) is 16.2. The van der Waals surface area contributed by atoms with Crippen molar-refractivity contribution < 1.29 is 17.9 Å². The standard InChI is InChI=1S/C14H22N2O4S2/c1-20-9-6-14(15-13(17)12-3-10-21-11-12)4-7-16(8-5-14)22(2,18)19/h3,10-11H,4-9H2,1-2H3,(H,15,17). The first-order valence-corrected chi connectivity index (χ1v) is 9.94. The maximum absolute atomic E-state index is 12.3. The van der Waals surface area contributed by atoms with E-state index in [1.807, 2.05) is 10.8 Å². The third-order valence-electron chi connectivity index (χ3n) is 4.10. The number of ether oxygens (including phenoxy) is 1. The number of nitrogens with one attached hydrogen (secondary N) is 1. The lowest BCUT2D eigenvalue weighted by atomic mass is 9.85. The fraction of sp³-hybridized carbons (Fsp3) is 0.643. The Morgan fingerprint density at radius 2 is 2.14 bits per heavy atom. The monoisotopic (exact) mass is 346 g/mol. The smallest absolute Gasteiger partial charge is 0.252 e. The predicted molar refractivity (Wildman–Crippen MR) is 86.7 cm³/mol. The van der Waals surface area contributed by atoms with E-state index in [0.29, 0.717) is 44.5 Å². The van der Waals surface area contributed by atoms with Crippen LogP contribution in [0.1, 0.15) is 29.6 Å². The minimum atomic E-state index is -3.18. The maximum Gasteiger partial charge on any atom is 0.252 e. The van der Waals surface area contributed by atoms with Crippen molar-refractivity contribution in [1.82, 2.24) is 9.62 Å². The minimum Gasteiger partial charge on any atom is -0.385 e. The van der Waals surface area contributed by atoms with E-state index in [4.69, 9.17) is 4.74 Å². The topological polar surface area (TPSA) is 75.7 Å². The van der Waals surface area contributed by atoms with Gasteiger partial charge < -0.3 is 10.1 Å². The molecule has 2 heterocycles. The normalized spacial score (nSPS) is 19.0. The van der Waals surface area contributed by atoms with Crippen LogP contribution < -0.4 is 5.32 Å². The number of amides is 1. The summed E-state index contributed by atoms with van der Waals surface area (Å²) in [4.78, 5) is 12.3. The van der Waals surface area contributed by atoms with Gasteiger partial charge in [-0.15, -0.1) is 0 Å². The first-order valence-electron chi connectivity index (χ1n) is 7.15. The molecule has 2 rings (SSSR count). The van der Waals surface area contributed by atoms with Crippen molar-refractivity contribution in [1.29, 1.82) is 0 Å². The van der Waals surface area contributed by atoms with E-state index in [0.717, 1.165) is 0 Å². The van der Waals surface area contributed by atoms with Crippen LogP contribution in [0.3, 0.4) is 0 Å². The Hall–Kier alpha value is -0.960. The van der Waals surface area contributed by atoms with Crippen LogP contribution in [0.5, 0.6) is 0 Å². The Morgan fingerprint density at radius 3 is 2.64 bits per heavy atom. The van der Waals surface area contributed by atoms with Gasteiger partial charge in [-0.25, -0.2) is 12.7 Å². The minimum absolute atomic E-state index is 0.106. The molecule has 0 aromatic carbocycles. The fourth-order valence-electron chi connectivity index (χ4n) is 2.69. The van der Waals surface area contributed by atoms with Crippen LogP contribution in [0.4, 0.5) is 0 Å². The molecule has 0 unspecified atom stereocenters. The first kappa shape index (κ1) is 17.4. The molecule has 0 atom stereocenters. The van der Waals surface area contributed by atoms with Gasteiger partial charge in [0.2, 0.25) is 10.0 Å². The van der Waals surface area contributed by atoms with E-state index < -0.39 is 15.6 Å². The molecule has 1 aliphatic heterocycles. The van der Waals surface area contributed by atoms with Crippen molar-refractivity contribution in [3.05, 3.63) is 22.4 Å². The van der Waals surface area contributed by atoms with Gasteiger partial charge in [0.15, 0.2) is 0 Å². The number of sulfonamides is 1. The van der Waals surface area contributed by atoms with Gasteiger partial charge in [0.1, 0.15) is 0 Å². The molecular formula is C14H22N2O4S2. The first-order chi connectivity index (χ1) is 10.4. The average Bonchev–Trinajstić information content (AvgIpc) is 2.99. The second-order valence-corrected chi connectivity index (χ2v) is 8.41. The molecule has 8 heteroatoms. The van der Waals surface area contributed by atoms with Gasteiger partial charge in [-0.1, -0.05) is 0 Å². The lowest BCUT2D eigenvalue weighted by Crippen LogP contribution is -2.56. The molecule has 0 bridgehead atoms. The molecule has 0 aliphatic carbocycles. The number of rotatable bonds is 6. The van der Waals surface area contributed by atoms with Crippen LogP contribution in [-0.2, 0) is 14.8 Å². The SMILES string of the molecule is COCCC1(NC(=O)c2ccsc2)CCN(S(C)(=O)=O)CC1. The number of carbonyl (C=O) groups excluding carboxylic acids is 1. The Balaban J connectivity index is 2.08. The largest absolute Gasteiger partial charge is 0.385 e. The average molecular weight is 346 g/mol. The van der Waals surface area contributed by atoms with Crippen molar-refractivity contribution in [3.63, 3.8) is 0 Å². The van der Waals surface area contributed by atoms with Gasteiger partial charge in [-0.3, -0.25) is 4.79 Å². The highest BCUT2D eigenvalue weighted by atomic mass is 32.2. The van der Waals surface area contributed by atoms with Gasteiger partial charge in [-0.05, 0) is 30.7 Å². The number of nitrogens with zero attached hydrogens (tertiary/aromatic N) is 1. The molecule has 1 saturated heterocycles. The highest BCUT2D eigenvalue weighted by Gasteiger charge is 2.38. The molecule has 0 radical (unpaired) electrons. The molecule has 124 valence electrons. The van der Waals surface area contributed by atoms with Crippen LogP contribution >= 0.6 is 11.3 Å². The summed E-state index contributed by atoms with van der Waals surface area (Å²) in [5.74, 6) is -0.106. The molecule has 1 aliphatic rings. The molecule has 0 saturated carbocycles. The summed E-state index contributed by atoms with van der Waals surface area (Å²) in [5.41, 5.74) is 0.239. The van der Waals surface area contributed by atoms with Crippen molar-refractivity contribution in [2.45, 2.75) is 24.8 Å². The molecule has 1 N–H and O–H groups in total. The van der Waals surface area contributed by atoms with E-state index >= 15 is 0 Å². The number of methoxy groups -OCH3 is 1. The second kappa shape index (κ2) is 7.08. The Bertz CT molecular complexity index is 590. The van der Waals surface area contributed by atoms with E-state index in [1.165, 1.54) is 21.9 Å². The fourth-order valence-corrected chi connectivity index (χ4v) is 4.17. The summed E-state index contributed by atoms with van der Waals surface area (Å²) in [6, 6.07) is 1.79. The summed E-state index contributed by atoms with van der Waals surface area (Å²) in [6.45, 7) is 1.38. The van der Waals surface area contributed by atoms with Crippen LogP contribution in [0.25, 0.3) is 0 Å².